The Kier molecular flexibility index (Phi) is 12.4. The number of ether oxygens (including phenoxy) is 8. The monoisotopic (exact) mass is 1000 g/mol. The highest BCUT2D eigenvalue weighted by Gasteiger charge is 2.26. The molecule has 0 saturated heterocycles. The van der Waals surface area contributed by atoms with Gasteiger partial charge in [0.1, 0.15) is 58.7 Å². The van der Waals surface area contributed by atoms with Gasteiger partial charge in [-0.25, -0.2) is 30.8 Å². The maximum absolute atomic E-state index is 11.2. The Balaban J connectivity index is 0.000000106. The van der Waals surface area contributed by atoms with Gasteiger partial charge in [0.2, 0.25) is 5.78 Å². The van der Waals surface area contributed by atoms with Gasteiger partial charge in [0.25, 0.3) is 5.91 Å². The first kappa shape index (κ1) is 44.7. The molecule has 0 aliphatic carbocycles. The Morgan fingerprint density at radius 1 is 0.529 bits per heavy atom. The molecule has 348 valence electrons. The zero-order valence-electron chi connectivity index (χ0n) is 35.2. The van der Waals surface area contributed by atoms with Crippen LogP contribution in [0.2, 0.25) is 20.6 Å². The molecule has 21 nitrogen and oxygen atoms in total. The first-order valence-electron chi connectivity index (χ1n) is 20.5. The number of carbonyl (C=O) groups excluding carboxylic acids is 2. The van der Waals surface area contributed by atoms with Gasteiger partial charge in [-0.1, -0.05) is 46.4 Å². The lowest BCUT2D eigenvalue weighted by molar-refractivity contribution is -0.134. The molecule has 1 amide bonds. The number of nitrogens with two attached hydrogens (primary N) is 1. The Morgan fingerprint density at radius 3 is 1.44 bits per heavy atom. The van der Waals surface area contributed by atoms with E-state index in [0.29, 0.717) is 143 Å². The van der Waals surface area contributed by atoms with Crippen molar-refractivity contribution in [2.75, 3.05) is 63.6 Å². The minimum atomic E-state index is -0.566. The molecule has 4 aromatic carbocycles. The third-order valence-electron chi connectivity index (χ3n) is 10.4. The van der Waals surface area contributed by atoms with Crippen molar-refractivity contribution < 1.29 is 47.5 Å². The molecule has 25 heteroatoms. The SMILES string of the molecule is Cc1nnc2c(Cl)nc3cc4c(cc3n12)OCCO4.Clc1nc2cc3c(cc2nc1Cl)OCCO3.NNc1nc2cc3c(cc2nc1Cl)OCCO3.O=C1Cc2cc3c(cc2NC1=O)OCCO3. The lowest BCUT2D eigenvalue weighted by Gasteiger charge is -2.22. The van der Waals surface area contributed by atoms with Crippen molar-refractivity contribution >= 4 is 108 Å². The molecule has 0 radical (unpaired) electrons. The summed E-state index contributed by atoms with van der Waals surface area (Å²) in [6.45, 7) is 6.09. The molecular formula is C43H33Cl4N11O10. The number of rotatable bonds is 1. The molecule has 9 heterocycles. The van der Waals surface area contributed by atoms with Crippen molar-refractivity contribution in [2.24, 2.45) is 5.84 Å². The van der Waals surface area contributed by atoms with Crippen LogP contribution in [0.4, 0.5) is 11.5 Å². The van der Waals surface area contributed by atoms with Gasteiger partial charge in [-0.15, -0.1) is 10.2 Å². The molecule has 8 aromatic rings. The molecule has 0 unspecified atom stereocenters. The van der Waals surface area contributed by atoms with Crippen LogP contribution in [0.25, 0.3) is 38.7 Å². The van der Waals surface area contributed by atoms with E-state index in [-0.39, 0.29) is 21.9 Å². The summed E-state index contributed by atoms with van der Waals surface area (Å²) in [7, 11) is 0. The second-order valence-electron chi connectivity index (χ2n) is 14.8. The summed E-state index contributed by atoms with van der Waals surface area (Å²) in [4.78, 5) is 43.4. The van der Waals surface area contributed by atoms with E-state index in [9.17, 15) is 9.59 Å². The Morgan fingerprint density at radius 2 is 0.941 bits per heavy atom. The summed E-state index contributed by atoms with van der Waals surface area (Å²) < 4.78 is 45.6. The van der Waals surface area contributed by atoms with Crippen molar-refractivity contribution in [3.8, 4) is 46.0 Å². The number of fused-ring (bicyclic) bond motifs is 10. The zero-order valence-corrected chi connectivity index (χ0v) is 38.3. The fourth-order valence-electron chi connectivity index (χ4n) is 7.33. The number of anilines is 2. The number of benzene rings is 4. The number of hydrogen-bond acceptors (Lipinski definition) is 19. The lowest BCUT2D eigenvalue weighted by atomic mass is 10.0. The number of Topliss-reactive ketones (excluding diaryl/α,β-unsaturated/α-hetero) is 1. The topological polar surface area (TPSA) is 253 Å². The summed E-state index contributed by atoms with van der Waals surface area (Å²) in [5, 5.41) is 11.5. The largest absolute Gasteiger partial charge is 0.486 e. The number of aromatic nitrogens is 8. The number of hydrogen-bond donors (Lipinski definition) is 3. The van der Waals surface area contributed by atoms with E-state index in [2.05, 4.69) is 45.9 Å². The van der Waals surface area contributed by atoms with Crippen LogP contribution < -0.4 is 54.5 Å². The summed E-state index contributed by atoms with van der Waals surface area (Å²) in [6.07, 6.45) is 0.123. The predicted molar refractivity (Wildman–Crippen MR) is 248 cm³/mol. The van der Waals surface area contributed by atoms with E-state index in [1.165, 1.54) is 0 Å². The standard InChI is InChI=1S/C12H9ClN4O2.C11H9NO4.C10H6Cl2N2O2.C10H9ClN4O2/c1-6-15-16-12-11(13)14-7-4-9-10(19-3-2-18-9)5-8(7)17(6)12;13-8-3-6-4-9-10(16-2-1-15-9)5-7(6)12-11(8)14;11-9-10(12)14-6-4-8-7(3-5(6)13-9)15-1-2-16-8;11-9-10(15-12)14-6-4-8-7(3-5(6)13-9)16-1-2-17-8/h4-5H,2-3H2,1H3;4-5H,1-3H2,(H,12,14);3-4H,1-2H2;3-4H,1-2,12H2,(H,14,15). The molecule has 0 saturated carbocycles. The highest BCUT2D eigenvalue weighted by molar-refractivity contribution is 6.42. The van der Waals surface area contributed by atoms with E-state index >= 15 is 0 Å². The summed E-state index contributed by atoms with van der Waals surface area (Å²) in [6, 6.07) is 14.2. The highest BCUT2D eigenvalue weighted by atomic mass is 35.5. The molecule has 0 fully saturated rings. The van der Waals surface area contributed by atoms with Crippen molar-refractivity contribution in [3.63, 3.8) is 0 Å². The van der Waals surface area contributed by atoms with Gasteiger partial charge >= 0.3 is 0 Å². The van der Waals surface area contributed by atoms with Gasteiger partial charge in [0.05, 0.1) is 33.1 Å². The second kappa shape index (κ2) is 18.8. The first-order chi connectivity index (χ1) is 33.0. The van der Waals surface area contributed by atoms with E-state index in [1.54, 1.807) is 36.4 Å². The second-order valence-corrected chi connectivity index (χ2v) is 16.2. The van der Waals surface area contributed by atoms with Crippen LogP contribution in [0.3, 0.4) is 0 Å². The lowest BCUT2D eigenvalue weighted by Crippen LogP contribution is -2.30. The third-order valence-corrected chi connectivity index (χ3v) is 11.5. The summed E-state index contributed by atoms with van der Waals surface area (Å²) in [5.41, 5.74) is 8.48. The first-order valence-corrected chi connectivity index (χ1v) is 22.0. The van der Waals surface area contributed by atoms with Crippen molar-refractivity contribution in [1.29, 1.82) is 0 Å². The van der Waals surface area contributed by atoms with Crippen LogP contribution in [-0.4, -0.2) is 104 Å². The van der Waals surface area contributed by atoms with E-state index < -0.39 is 11.7 Å². The predicted octanol–water partition coefficient (Wildman–Crippen LogP) is 6.58. The van der Waals surface area contributed by atoms with E-state index in [0.717, 1.165) is 22.4 Å². The molecule has 0 spiro atoms. The number of amides is 1. The maximum atomic E-state index is 11.2. The van der Waals surface area contributed by atoms with Crippen LogP contribution in [0.1, 0.15) is 11.4 Å². The maximum Gasteiger partial charge on any atom is 0.292 e. The number of carbonyl (C=O) groups is 2. The van der Waals surface area contributed by atoms with Crippen LogP contribution in [0, 0.1) is 6.92 Å². The molecular weight excluding hydrogens is 972 g/mol. The zero-order chi connectivity index (χ0) is 47.1. The Hall–Kier alpha value is -7.17. The highest BCUT2D eigenvalue weighted by Crippen LogP contribution is 2.39. The van der Waals surface area contributed by atoms with E-state index in [1.807, 2.05) is 23.5 Å². The summed E-state index contributed by atoms with van der Waals surface area (Å²) in [5.74, 6) is 10.6. The Bertz CT molecular complexity index is 3250. The number of aryl methyl sites for hydroxylation is 1. The average Bonchev–Trinajstić information content (AvgIpc) is 3.75. The van der Waals surface area contributed by atoms with Crippen LogP contribution in [0.15, 0.2) is 48.5 Å². The van der Waals surface area contributed by atoms with Gasteiger partial charge in [-0.2, -0.15) is 0 Å². The van der Waals surface area contributed by atoms with Gasteiger partial charge < -0.3 is 48.6 Å². The fraction of sp³-hybridized carbons (Fsp3) is 0.233. The average molecular weight is 1010 g/mol. The third kappa shape index (κ3) is 9.00. The fourth-order valence-corrected chi connectivity index (χ4v) is 8.00. The normalized spacial score (nSPS) is 14.9. The van der Waals surface area contributed by atoms with Crippen LogP contribution in [-0.2, 0) is 16.0 Å². The molecule has 4 aromatic heterocycles. The molecule has 13 rings (SSSR count). The minimum absolute atomic E-state index is 0.123. The molecule has 4 N–H and O–H groups in total. The molecule has 5 aliphatic rings. The Labute approximate surface area is 402 Å². The molecule has 0 bridgehead atoms. The van der Waals surface area contributed by atoms with Crippen molar-refractivity contribution in [3.05, 3.63) is 80.5 Å². The summed E-state index contributed by atoms with van der Waals surface area (Å²) >= 11 is 23.6. The van der Waals surface area contributed by atoms with Crippen LogP contribution >= 0.6 is 46.4 Å². The van der Waals surface area contributed by atoms with Gasteiger partial charge in [0.15, 0.2) is 78.1 Å². The number of halogens is 4. The van der Waals surface area contributed by atoms with E-state index in [4.69, 9.17) is 90.1 Å². The van der Waals surface area contributed by atoms with Crippen molar-refractivity contribution in [2.45, 2.75) is 13.3 Å². The van der Waals surface area contributed by atoms with Crippen molar-refractivity contribution in [1.82, 2.24) is 39.5 Å². The van der Waals surface area contributed by atoms with Crippen LogP contribution in [0.5, 0.6) is 46.0 Å². The minimum Gasteiger partial charge on any atom is -0.486 e. The number of ketones is 1. The molecule has 68 heavy (non-hydrogen) atoms. The number of hydrazine groups is 1. The van der Waals surface area contributed by atoms with Gasteiger partial charge in [-0.05, 0) is 18.6 Å². The molecule has 0 atom stereocenters. The number of nitrogen functional groups attached to an aromatic ring is 1. The number of nitrogens with zero attached hydrogens (tertiary/aromatic N) is 8. The smallest absolute Gasteiger partial charge is 0.292 e. The quantitative estimate of drug-likeness (QED) is 0.0892. The number of nitrogens with one attached hydrogen (secondary N) is 2. The molecule has 5 aliphatic heterocycles. The van der Waals surface area contributed by atoms with Gasteiger partial charge in [0, 0.05) is 54.6 Å². The van der Waals surface area contributed by atoms with Gasteiger partial charge in [-0.3, -0.25) is 14.0 Å².